The van der Waals surface area contributed by atoms with Crippen LogP contribution in [-0.2, 0) is 17.0 Å². The second kappa shape index (κ2) is 9.07. The molecule has 4 aromatic rings. The van der Waals surface area contributed by atoms with Crippen molar-refractivity contribution < 1.29 is 9.53 Å². The van der Waals surface area contributed by atoms with E-state index in [0.29, 0.717) is 5.56 Å². The molecule has 0 aliphatic carbocycles. The van der Waals surface area contributed by atoms with Crippen LogP contribution in [0.15, 0.2) is 71.3 Å². The van der Waals surface area contributed by atoms with Gasteiger partial charge in [-0.1, -0.05) is 30.0 Å². The Morgan fingerprint density at radius 2 is 2.00 bits per heavy atom. The second-order valence-corrected chi connectivity index (χ2v) is 8.61. The van der Waals surface area contributed by atoms with Gasteiger partial charge < -0.3 is 10.1 Å². The van der Waals surface area contributed by atoms with Crippen LogP contribution in [0.25, 0.3) is 10.2 Å². The lowest BCUT2D eigenvalue weighted by molar-refractivity contribution is 0.0600. The van der Waals surface area contributed by atoms with E-state index >= 15 is 0 Å². The third-order valence-electron chi connectivity index (χ3n) is 4.33. The largest absolute Gasteiger partial charge is 0.465 e. The lowest BCUT2D eigenvalue weighted by Crippen LogP contribution is -2.00. The summed E-state index contributed by atoms with van der Waals surface area (Å²) in [4.78, 5) is 20.4. The zero-order valence-corrected chi connectivity index (χ0v) is 17.4. The molecule has 0 bridgehead atoms. The highest BCUT2D eigenvalue weighted by atomic mass is 32.2. The number of methoxy groups -OCH3 is 1. The molecule has 2 aromatic carbocycles. The van der Waals surface area contributed by atoms with E-state index in [2.05, 4.69) is 28.5 Å². The predicted molar refractivity (Wildman–Crippen MR) is 119 cm³/mol. The highest BCUT2D eigenvalue weighted by Gasteiger charge is 2.08. The number of hydrogen-bond acceptors (Lipinski definition) is 7. The Labute approximate surface area is 177 Å². The summed E-state index contributed by atoms with van der Waals surface area (Å²) < 4.78 is 6.92. The number of aromatic nitrogens is 2. The van der Waals surface area contributed by atoms with Crippen molar-refractivity contribution in [1.82, 2.24) is 9.97 Å². The summed E-state index contributed by atoms with van der Waals surface area (Å²) in [5.74, 6) is 0.483. The zero-order chi connectivity index (χ0) is 20.1. The molecule has 0 saturated carbocycles. The molecule has 2 aromatic heterocycles. The van der Waals surface area contributed by atoms with Crippen LogP contribution in [0.1, 0.15) is 21.5 Å². The summed E-state index contributed by atoms with van der Waals surface area (Å²) in [5.41, 5.74) is 4.92. The number of carbonyl (C=O) groups is 1. The van der Waals surface area contributed by atoms with E-state index in [4.69, 9.17) is 9.72 Å². The van der Waals surface area contributed by atoms with Gasteiger partial charge in [0.05, 0.1) is 22.9 Å². The molecule has 0 fully saturated rings. The summed E-state index contributed by atoms with van der Waals surface area (Å²) in [6.07, 6.45) is 3.64. The third kappa shape index (κ3) is 4.93. The Hall–Kier alpha value is -2.90. The van der Waals surface area contributed by atoms with Crippen LogP contribution in [0.4, 0.5) is 5.69 Å². The molecule has 0 unspecified atom stereocenters. The molecule has 29 heavy (non-hydrogen) atoms. The van der Waals surface area contributed by atoms with Crippen LogP contribution in [0.2, 0.25) is 0 Å². The van der Waals surface area contributed by atoms with Gasteiger partial charge in [-0.3, -0.25) is 4.98 Å². The lowest BCUT2D eigenvalue weighted by Gasteiger charge is -2.05. The first-order valence-corrected chi connectivity index (χ1v) is 10.8. The molecule has 0 saturated heterocycles. The highest BCUT2D eigenvalue weighted by molar-refractivity contribution is 8.00. The van der Waals surface area contributed by atoms with Gasteiger partial charge in [0.15, 0.2) is 4.34 Å². The van der Waals surface area contributed by atoms with E-state index in [1.165, 1.54) is 7.11 Å². The van der Waals surface area contributed by atoms with Gasteiger partial charge in [0.2, 0.25) is 0 Å². The fourth-order valence-electron chi connectivity index (χ4n) is 2.78. The molecule has 0 atom stereocenters. The molecule has 0 radical (unpaired) electrons. The quantitative estimate of drug-likeness (QED) is 0.319. The summed E-state index contributed by atoms with van der Waals surface area (Å²) in [5, 5.41) is 3.43. The molecular formula is C22H19N3O2S2. The average Bonchev–Trinajstić information content (AvgIpc) is 3.19. The van der Waals surface area contributed by atoms with Crippen molar-refractivity contribution >= 4 is 45.0 Å². The zero-order valence-electron chi connectivity index (χ0n) is 15.8. The number of fused-ring (bicyclic) bond motifs is 1. The van der Waals surface area contributed by atoms with E-state index in [1.54, 1.807) is 41.4 Å². The van der Waals surface area contributed by atoms with Gasteiger partial charge in [0.25, 0.3) is 0 Å². The molecule has 0 aliphatic rings. The Morgan fingerprint density at radius 1 is 1.14 bits per heavy atom. The molecule has 0 aliphatic heterocycles. The van der Waals surface area contributed by atoms with Crippen LogP contribution in [0.5, 0.6) is 0 Å². The number of anilines is 1. The van der Waals surface area contributed by atoms with Gasteiger partial charge >= 0.3 is 5.97 Å². The van der Waals surface area contributed by atoms with E-state index in [9.17, 15) is 4.79 Å². The normalized spacial score (nSPS) is 10.8. The maximum absolute atomic E-state index is 11.5. The number of carbonyl (C=O) groups excluding carboxylic acids is 1. The first-order valence-electron chi connectivity index (χ1n) is 9.05. The van der Waals surface area contributed by atoms with E-state index in [1.807, 2.05) is 30.5 Å². The van der Waals surface area contributed by atoms with Gasteiger partial charge in [-0.05, 0) is 47.5 Å². The van der Waals surface area contributed by atoms with Gasteiger partial charge in [-0.25, -0.2) is 9.78 Å². The molecule has 4 rings (SSSR count). The lowest BCUT2D eigenvalue weighted by atomic mass is 10.1. The van der Waals surface area contributed by atoms with Crippen molar-refractivity contribution in [1.29, 1.82) is 0 Å². The van der Waals surface area contributed by atoms with Crippen molar-refractivity contribution in [2.24, 2.45) is 0 Å². The molecule has 0 spiro atoms. The van der Waals surface area contributed by atoms with Crippen molar-refractivity contribution in [2.75, 3.05) is 12.4 Å². The standard InChI is InChI=1S/C22H19N3O2S2/c1-27-21(26)17-6-4-15(5-7-17)14-28-22-25-19-9-8-18(11-20(19)29-22)24-13-16-3-2-10-23-12-16/h2-12,24H,13-14H2,1H3. The SMILES string of the molecule is COC(=O)c1ccc(CSc2nc3ccc(NCc4cccnc4)cc3s2)cc1. The summed E-state index contributed by atoms with van der Waals surface area (Å²) in [7, 11) is 1.39. The van der Waals surface area contributed by atoms with Crippen LogP contribution < -0.4 is 5.32 Å². The first kappa shape index (κ1) is 19.4. The summed E-state index contributed by atoms with van der Waals surface area (Å²) in [6.45, 7) is 0.737. The maximum Gasteiger partial charge on any atom is 0.337 e. The van der Waals surface area contributed by atoms with E-state index in [0.717, 1.165) is 43.7 Å². The smallest absolute Gasteiger partial charge is 0.337 e. The number of pyridine rings is 1. The van der Waals surface area contributed by atoms with Crippen molar-refractivity contribution in [3.8, 4) is 0 Å². The Bertz CT molecular complexity index is 1110. The van der Waals surface area contributed by atoms with Crippen molar-refractivity contribution in [3.63, 3.8) is 0 Å². The Kier molecular flexibility index (Phi) is 6.07. The van der Waals surface area contributed by atoms with Gasteiger partial charge in [0.1, 0.15) is 0 Å². The number of ether oxygens (including phenoxy) is 1. The van der Waals surface area contributed by atoms with Crippen LogP contribution in [0.3, 0.4) is 0 Å². The van der Waals surface area contributed by atoms with Crippen LogP contribution >= 0.6 is 23.1 Å². The number of esters is 1. The monoisotopic (exact) mass is 421 g/mol. The predicted octanol–water partition coefficient (Wildman–Crippen LogP) is 5.38. The molecular weight excluding hydrogens is 402 g/mol. The van der Waals surface area contributed by atoms with Gasteiger partial charge in [-0.15, -0.1) is 11.3 Å². The van der Waals surface area contributed by atoms with Crippen LogP contribution in [0, 0.1) is 0 Å². The van der Waals surface area contributed by atoms with E-state index < -0.39 is 0 Å². The molecule has 1 N–H and O–H groups in total. The minimum absolute atomic E-state index is 0.316. The second-order valence-electron chi connectivity index (χ2n) is 6.35. The fraction of sp³-hybridized carbons (Fsp3) is 0.136. The number of hydrogen-bond donors (Lipinski definition) is 1. The Morgan fingerprint density at radius 3 is 2.76 bits per heavy atom. The highest BCUT2D eigenvalue weighted by Crippen LogP contribution is 2.33. The molecule has 2 heterocycles. The number of nitrogens with one attached hydrogen (secondary N) is 1. The average molecular weight is 422 g/mol. The minimum Gasteiger partial charge on any atom is -0.465 e. The molecule has 5 nitrogen and oxygen atoms in total. The fourth-order valence-corrected chi connectivity index (χ4v) is 4.85. The molecule has 146 valence electrons. The number of rotatable bonds is 7. The maximum atomic E-state index is 11.5. The van der Waals surface area contributed by atoms with Gasteiger partial charge in [-0.2, -0.15) is 0 Å². The third-order valence-corrected chi connectivity index (χ3v) is 6.56. The van der Waals surface area contributed by atoms with Gasteiger partial charge in [0, 0.05) is 30.4 Å². The summed E-state index contributed by atoms with van der Waals surface area (Å²) >= 11 is 3.39. The number of nitrogens with zero attached hydrogens (tertiary/aromatic N) is 2. The minimum atomic E-state index is -0.316. The Balaban J connectivity index is 1.39. The van der Waals surface area contributed by atoms with Crippen molar-refractivity contribution in [2.45, 2.75) is 16.6 Å². The van der Waals surface area contributed by atoms with Crippen molar-refractivity contribution in [3.05, 3.63) is 83.7 Å². The first-order chi connectivity index (χ1) is 14.2. The van der Waals surface area contributed by atoms with Crippen LogP contribution in [-0.4, -0.2) is 23.0 Å². The molecule has 7 heteroatoms. The number of thiazole rings is 1. The molecule has 0 amide bonds. The topological polar surface area (TPSA) is 64.1 Å². The summed E-state index contributed by atoms with van der Waals surface area (Å²) in [6, 6.07) is 17.7. The number of thioether (sulfide) groups is 1. The van der Waals surface area contributed by atoms with E-state index in [-0.39, 0.29) is 5.97 Å². The number of benzene rings is 2.